The van der Waals surface area contributed by atoms with Gasteiger partial charge in [0.2, 0.25) is 0 Å². The fourth-order valence-corrected chi connectivity index (χ4v) is 4.53. The highest BCUT2D eigenvalue weighted by Gasteiger charge is 2.25. The van der Waals surface area contributed by atoms with Crippen molar-refractivity contribution in [2.24, 2.45) is 4.99 Å². The number of anilines is 1. The number of hydrogen-bond donors (Lipinski definition) is 1. The van der Waals surface area contributed by atoms with E-state index >= 15 is 0 Å². The third kappa shape index (κ3) is 4.22. The third-order valence-electron chi connectivity index (χ3n) is 5.29. The lowest BCUT2D eigenvalue weighted by Gasteiger charge is -2.19. The molecule has 2 aromatic carbocycles. The van der Waals surface area contributed by atoms with Crippen LogP contribution in [0.2, 0.25) is 0 Å². The zero-order valence-electron chi connectivity index (χ0n) is 16.9. The monoisotopic (exact) mass is 409 g/mol. The maximum absolute atomic E-state index is 14.7. The van der Waals surface area contributed by atoms with Gasteiger partial charge in [-0.15, -0.1) is 0 Å². The van der Waals surface area contributed by atoms with E-state index in [-0.39, 0.29) is 11.7 Å². The zero-order chi connectivity index (χ0) is 20.5. The van der Waals surface area contributed by atoms with Gasteiger partial charge in [0.15, 0.2) is 5.17 Å². The highest BCUT2D eigenvalue weighted by Crippen LogP contribution is 2.32. The lowest BCUT2D eigenvalue weighted by molar-refractivity contribution is -0.115. The molecule has 2 heterocycles. The number of amidine groups is 1. The van der Waals surface area contributed by atoms with Gasteiger partial charge in [-0.1, -0.05) is 17.7 Å². The van der Waals surface area contributed by atoms with Crippen LogP contribution in [0.1, 0.15) is 35.1 Å². The topological polar surface area (TPSA) is 44.7 Å². The summed E-state index contributed by atoms with van der Waals surface area (Å²) < 4.78 is 14.7. The minimum Gasteiger partial charge on any atom is -0.369 e. The molecule has 0 unspecified atom stereocenters. The van der Waals surface area contributed by atoms with Crippen molar-refractivity contribution in [3.63, 3.8) is 0 Å². The minimum atomic E-state index is -0.239. The molecule has 1 N–H and O–H groups in total. The predicted molar refractivity (Wildman–Crippen MR) is 119 cm³/mol. The first-order chi connectivity index (χ1) is 13.9. The molecule has 29 heavy (non-hydrogen) atoms. The second-order valence-electron chi connectivity index (χ2n) is 7.63. The van der Waals surface area contributed by atoms with E-state index in [4.69, 9.17) is 0 Å². The van der Waals surface area contributed by atoms with Gasteiger partial charge in [0.05, 0.1) is 16.3 Å². The first-order valence-electron chi connectivity index (χ1n) is 9.82. The van der Waals surface area contributed by atoms with Crippen molar-refractivity contribution >= 4 is 40.3 Å². The number of thioether (sulfide) groups is 1. The van der Waals surface area contributed by atoms with Crippen LogP contribution < -0.4 is 10.2 Å². The van der Waals surface area contributed by atoms with E-state index in [0.29, 0.717) is 15.8 Å². The Balaban J connectivity index is 1.59. The summed E-state index contributed by atoms with van der Waals surface area (Å²) in [6.45, 7) is 7.78. The molecule has 4 nitrogen and oxygen atoms in total. The van der Waals surface area contributed by atoms with Crippen LogP contribution in [0.4, 0.5) is 15.8 Å². The molecule has 0 spiro atoms. The summed E-state index contributed by atoms with van der Waals surface area (Å²) >= 11 is 1.28. The number of benzene rings is 2. The van der Waals surface area contributed by atoms with Crippen molar-refractivity contribution in [3.05, 3.63) is 63.3 Å². The van der Waals surface area contributed by atoms with E-state index in [9.17, 15) is 9.18 Å². The largest absolute Gasteiger partial charge is 0.369 e. The lowest BCUT2D eigenvalue weighted by atomic mass is 10.1. The standard InChI is InChI=1S/C23H24FN3OS/c1-14-6-7-19(16(3)10-14)25-23-26-22(28)21(29-23)13-17-12-18(24)20(11-15(17)2)27-8-4-5-9-27/h6-7,10-13H,4-5,8-9H2,1-3H3,(H,25,26,28). The van der Waals surface area contributed by atoms with E-state index in [1.54, 1.807) is 6.08 Å². The number of hydrogen-bond acceptors (Lipinski definition) is 4. The molecule has 150 valence electrons. The first-order valence-corrected chi connectivity index (χ1v) is 10.6. The van der Waals surface area contributed by atoms with Crippen molar-refractivity contribution in [1.29, 1.82) is 0 Å². The molecule has 0 aromatic heterocycles. The molecule has 0 radical (unpaired) electrons. The van der Waals surface area contributed by atoms with Crippen LogP contribution in [0, 0.1) is 26.6 Å². The second kappa shape index (κ2) is 8.03. The Hall–Kier alpha value is -2.60. The molecule has 0 aliphatic carbocycles. The van der Waals surface area contributed by atoms with E-state index in [2.05, 4.69) is 21.3 Å². The molecule has 2 aliphatic rings. The fourth-order valence-electron chi connectivity index (χ4n) is 3.70. The number of nitrogens with zero attached hydrogens (tertiary/aromatic N) is 2. The van der Waals surface area contributed by atoms with Gasteiger partial charge in [-0.25, -0.2) is 9.38 Å². The van der Waals surface area contributed by atoms with Gasteiger partial charge in [0, 0.05) is 13.1 Å². The Morgan fingerprint density at radius 2 is 1.86 bits per heavy atom. The van der Waals surface area contributed by atoms with Crippen LogP contribution in [0.3, 0.4) is 0 Å². The summed E-state index contributed by atoms with van der Waals surface area (Å²) in [6.07, 6.45) is 3.95. The summed E-state index contributed by atoms with van der Waals surface area (Å²) in [5.74, 6) is -0.445. The number of carbonyl (C=O) groups is 1. The van der Waals surface area contributed by atoms with Crippen molar-refractivity contribution in [3.8, 4) is 0 Å². The van der Waals surface area contributed by atoms with Crippen molar-refractivity contribution in [2.45, 2.75) is 33.6 Å². The van der Waals surface area contributed by atoms with E-state index < -0.39 is 0 Å². The second-order valence-corrected chi connectivity index (χ2v) is 8.66. The third-order valence-corrected chi connectivity index (χ3v) is 6.20. The number of nitrogens with one attached hydrogen (secondary N) is 1. The van der Waals surface area contributed by atoms with Crippen molar-refractivity contribution in [1.82, 2.24) is 5.32 Å². The van der Waals surface area contributed by atoms with Gasteiger partial charge in [-0.2, -0.15) is 0 Å². The summed E-state index contributed by atoms with van der Waals surface area (Å²) in [5, 5.41) is 3.35. The average Bonchev–Trinajstić information content (AvgIpc) is 3.31. The SMILES string of the molecule is Cc1ccc(N=C2NC(=O)C(=Cc3cc(F)c(N4CCCC4)cc3C)S2)c(C)c1. The molecular weight excluding hydrogens is 385 g/mol. The molecule has 4 rings (SSSR count). The normalized spacial score (nSPS) is 19.4. The Kier molecular flexibility index (Phi) is 5.46. The van der Waals surface area contributed by atoms with Crippen LogP contribution in [0.5, 0.6) is 0 Å². The molecule has 0 bridgehead atoms. The van der Waals surface area contributed by atoms with Crippen molar-refractivity contribution in [2.75, 3.05) is 18.0 Å². The average molecular weight is 410 g/mol. The van der Waals surface area contributed by atoms with Crippen LogP contribution in [0.25, 0.3) is 6.08 Å². The number of carbonyl (C=O) groups excluding carboxylic acids is 1. The summed E-state index contributed by atoms with van der Waals surface area (Å²) in [4.78, 5) is 19.6. The molecule has 0 saturated carbocycles. The Morgan fingerprint density at radius 1 is 1.10 bits per heavy atom. The Labute approximate surface area is 174 Å². The van der Waals surface area contributed by atoms with Crippen LogP contribution >= 0.6 is 11.8 Å². The summed E-state index contributed by atoms with van der Waals surface area (Å²) in [5.41, 5.74) is 5.38. The predicted octanol–water partition coefficient (Wildman–Crippen LogP) is 5.24. The van der Waals surface area contributed by atoms with E-state index in [1.807, 2.05) is 39.0 Å². The molecule has 6 heteroatoms. The maximum Gasteiger partial charge on any atom is 0.264 e. The number of aliphatic imine (C=N–C) groups is 1. The molecule has 2 aromatic rings. The van der Waals surface area contributed by atoms with E-state index in [0.717, 1.165) is 48.3 Å². The summed E-state index contributed by atoms with van der Waals surface area (Å²) in [7, 11) is 0. The van der Waals surface area contributed by atoms with Gasteiger partial charge in [0.1, 0.15) is 5.82 Å². The van der Waals surface area contributed by atoms with Crippen LogP contribution in [-0.4, -0.2) is 24.2 Å². The van der Waals surface area contributed by atoms with Crippen LogP contribution in [-0.2, 0) is 4.79 Å². The van der Waals surface area contributed by atoms with Gasteiger partial charge < -0.3 is 10.2 Å². The quantitative estimate of drug-likeness (QED) is 0.705. The number of aryl methyl sites for hydroxylation is 3. The number of halogens is 1. The van der Waals surface area contributed by atoms with Crippen LogP contribution in [0.15, 0.2) is 40.2 Å². The zero-order valence-corrected chi connectivity index (χ0v) is 17.7. The maximum atomic E-state index is 14.7. The molecule has 2 saturated heterocycles. The number of rotatable bonds is 3. The molecule has 2 aliphatic heterocycles. The van der Waals surface area contributed by atoms with Gasteiger partial charge in [-0.05, 0) is 86.3 Å². The van der Waals surface area contributed by atoms with Crippen molar-refractivity contribution < 1.29 is 9.18 Å². The van der Waals surface area contributed by atoms with Gasteiger partial charge in [-0.3, -0.25) is 4.79 Å². The number of amides is 1. The van der Waals surface area contributed by atoms with Gasteiger partial charge >= 0.3 is 0 Å². The Morgan fingerprint density at radius 3 is 2.59 bits per heavy atom. The molecule has 1 amide bonds. The minimum absolute atomic E-state index is 0.207. The van der Waals surface area contributed by atoms with Gasteiger partial charge in [0.25, 0.3) is 5.91 Å². The highest BCUT2D eigenvalue weighted by atomic mass is 32.2. The molecule has 0 atom stereocenters. The lowest BCUT2D eigenvalue weighted by Crippen LogP contribution is -2.19. The first kappa shape index (κ1) is 19.7. The summed E-state index contributed by atoms with van der Waals surface area (Å²) in [6, 6.07) is 9.42. The molecular formula is C23H24FN3OS. The molecule has 2 fully saturated rings. The Bertz CT molecular complexity index is 1040. The van der Waals surface area contributed by atoms with E-state index in [1.165, 1.54) is 23.4 Å². The smallest absolute Gasteiger partial charge is 0.264 e. The highest BCUT2D eigenvalue weighted by molar-refractivity contribution is 8.18. The fraction of sp³-hybridized carbons (Fsp3) is 0.304.